The van der Waals surface area contributed by atoms with Crippen LogP contribution in [-0.4, -0.2) is 35.2 Å². The molecule has 4 nitrogen and oxygen atoms in total. The van der Waals surface area contributed by atoms with Gasteiger partial charge in [0.15, 0.2) is 0 Å². The second-order valence-corrected chi connectivity index (χ2v) is 5.26. The minimum Gasteiger partial charge on any atom is -0.462 e. The maximum atomic E-state index is 11.1. The van der Waals surface area contributed by atoms with Crippen LogP contribution in [0.5, 0.6) is 0 Å². The molecule has 0 saturated heterocycles. The number of nitrogens with one attached hydrogen (secondary N) is 1. The van der Waals surface area contributed by atoms with Crippen LogP contribution in [0.3, 0.4) is 0 Å². The first kappa shape index (κ1) is 20.0. The second kappa shape index (κ2) is 10.6. The van der Waals surface area contributed by atoms with Crippen LogP contribution < -0.4 is 5.32 Å². The van der Waals surface area contributed by atoms with E-state index in [4.69, 9.17) is 34.8 Å². The Morgan fingerprint density at radius 2 is 1.61 bits per heavy atom. The third kappa shape index (κ3) is 9.71. The monoisotopic (exact) mass is 317 g/mol. The molecule has 0 rings (SSSR count). The predicted molar refractivity (Wildman–Crippen MR) is 75.3 cm³/mol. The molecule has 7 heteroatoms. The maximum Gasteiger partial charge on any atom is 0.341 e. The quantitative estimate of drug-likeness (QED) is 0.278. The topological polar surface area (TPSA) is 55.4 Å². The molecule has 1 N–H and O–H groups in total. The van der Waals surface area contributed by atoms with Gasteiger partial charge in [-0.3, -0.25) is 4.79 Å². The Bertz CT molecular complexity index is 286. The number of ketones is 1. The van der Waals surface area contributed by atoms with E-state index in [1.165, 1.54) is 0 Å². The number of carbonyl (C=O) groups excluding carboxylic acids is 2. The van der Waals surface area contributed by atoms with E-state index in [0.717, 1.165) is 13.1 Å². The molecule has 18 heavy (non-hydrogen) atoms. The summed E-state index contributed by atoms with van der Waals surface area (Å²) in [6.45, 7) is 11.3. The molecule has 0 aliphatic heterocycles. The lowest BCUT2D eigenvalue weighted by Gasteiger charge is -2.10. The van der Waals surface area contributed by atoms with Gasteiger partial charge < -0.3 is 10.1 Å². The van der Waals surface area contributed by atoms with Crippen molar-refractivity contribution in [2.24, 2.45) is 0 Å². The molecule has 0 spiro atoms. The predicted octanol–water partition coefficient (Wildman–Crippen LogP) is 2.66. The molecule has 0 aromatic heterocycles. The van der Waals surface area contributed by atoms with Gasteiger partial charge in [0.1, 0.15) is 5.57 Å². The lowest BCUT2D eigenvalue weighted by molar-refractivity contribution is -0.139. The van der Waals surface area contributed by atoms with Crippen molar-refractivity contribution >= 4 is 46.6 Å². The van der Waals surface area contributed by atoms with Gasteiger partial charge in [-0.25, -0.2) is 4.79 Å². The van der Waals surface area contributed by atoms with Crippen LogP contribution in [-0.2, 0) is 14.3 Å². The summed E-state index contributed by atoms with van der Waals surface area (Å²) in [5.74, 6) is -1.85. The van der Waals surface area contributed by atoms with Crippen LogP contribution in [0.1, 0.15) is 20.8 Å². The molecule has 106 valence electrons. The number of carbonyl (C=O) groups is 2. The molecule has 0 aliphatic rings. The van der Waals surface area contributed by atoms with Crippen LogP contribution in [0.4, 0.5) is 0 Å². The van der Waals surface area contributed by atoms with E-state index >= 15 is 0 Å². The Balaban J connectivity index is 0. The number of hydrogen-bond donors (Lipinski definition) is 1. The molecule has 0 atom stereocenters. The summed E-state index contributed by atoms with van der Waals surface area (Å²) in [7, 11) is 0. The van der Waals surface area contributed by atoms with Gasteiger partial charge >= 0.3 is 5.97 Å². The number of alkyl halides is 3. The fraction of sp³-hybridized carbons (Fsp3) is 0.636. The van der Waals surface area contributed by atoms with Gasteiger partial charge in [0.25, 0.3) is 3.79 Å². The highest BCUT2D eigenvalue weighted by Crippen LogP contribution is 2.29. The van der Waals surface area contributed by atoms with Crippen molar-refractivity contribution in [2.75, 3.05) is 19.7 Å². The van der Waals surface area contributed by atoms with E-state index < -0.39 is 21.1 Å². The summed E-state index contributed by atoms with van der Waals surface area (Å²) < 4.78 is 2.32. The molecule has 0 aliphatic carbocycles. The van der Waals surface area contributed by atoms with Gasteiger partial charge in [-0.2, -0.15) is 0 Å². The van der Waals surface area contributed by atoms with E-state index in [1.54, 1.807) is 6.92 Å². The zero-order chi connectivity index (χ0) is 14.8. The summed E-state index contributed by atoms with van der Waals surface area (Å²) in [6, 6.07) is 0. The van der Waals surface area contributed by atoms with Crippen molar-refractivity contribution in [3.8, 4) is 0 Å². The minimum atomic E-state index is -2.16. The number of hydrogen-bond acceptors (Lipinski definition) is 4. The van der Waals surface area contributed by atoms with E-state index in [-0.39, 0.29) is 6.61 Å². The largest absolute Gasteiger partial charge is 0.462 e. The Kier molecular flexibility index (Phi) is 11.8. The normalized spacial score (nSPS) is 10.1. The van der Waals surface area contributed by atoms with Crippen molar-refractivity contribution in [3.05, 3.63) is 12.2 Å². The van der Waals surface area contributed by atoms with Crippen molar-refractivity contribution < 1.29 is 14.3 Å². The average Bonchev–Trinajstić information content (AvgIpc) is 2.28. The van der Waals surface area contributed by atoms with Crippen molar-refractivity contribution in [2.45, 2.75) is 24.6 Å². The smallest absolute Gasteiger partial charge is 0.341 e. The highest BCUT2D eigenvalue weighted by Gasteiger charge is 2.35. The van der Waals surface area contributed by atoms with E-state index in [1.807, 2.05) is 0 Å². The van der Waals surface area contributed by atoms with Crippen LogP contribution in [0.25, 0.3) is 0 Å². The van der Waals surface area contributed by atoms with Crippen molar-refractivity contribution in [3.63, 3.8) is 0 Å². The third-order valence-corrected chi connectivity index (χ3v) is 2.07. The van der Waals surface area contributed by atoms with E-state index in [9.17, 15) is 9.59 Å². The fourth-order valence-corrected chi connectivity index (χ4v) is 1.07. The zero-order valence-corrected chi connectivity index (χ0v) is 13.0. The minimum absolute atomic E-state index is 0.130. The van der Waals surface area contributed by atoms with Crippen LogP contribution >= 0.6 is 34.8 Å². The van der Waals surface area contributed by atoms with Crippen molar-refractivity contribution in [1.82, 2.24) is 5.32 Å². The van der Waals surface area contributed by atoms with Crippen molar-refractivity contribution in [1.29, 1.82) is 0 Å². The highest BCUT2D eigenvalue weighted by molar-refractivity contribution is 6.78. The summed E-state index contributed by atoms with van der Waals surface area (Å²) in [5.41, 5.74) is -0.471. The lowest BCUT2D eigenvalue weighted by Crippen LogP contribution is -2.25. The van der Waals surface area contributed by atoms with Crippen LogP contribution in [0.2, 0.25) is 0 Å². The molecule has 0 radical (unpaired) electrons. The maximum absolute atomic E-state index is 11.1. The summed E-state index contributed by atoms with van der Waals surface area (Å²) >= 11 is 15.7. The SMILES string of the molecule is C=C(C(=O)OCC)C(=O)C(Cl)(Cl)Cl.CCNCC. The molecule has 0 saturated carbocycles. The lowest BCUT2D eigenvalue weighted by atomic mass is 10.2. The van der Waals surface area contributed by atoms with Crippen LogP contribution in [0.15, 0.2) is 12.2 Å². The zero-order valence-electron chi connectivity index (χ0n) is 10.7. The number of ether oxygens (including phenoxy) is 1. The molecule has 0 unspecified atom stereocenters. The third-order valence-electron chi connectivity index (χ3n) is 1.55. The van der Waals surface area contributed by atoms with Gasteiger partial charge in [0.05, 0.1) is 6.61 Å². The first-order chi connectivity index (χ1) is 8.22. The number of halogens is 3. The van der Waals surface area contributed by atoms with Gasteiger partial charge in [-0.15, -0.1) is 0 Å². The molecule has 0 bridgehead atoms. The summed E-state index contributed by atoms with van der Waals surface area (Å²) in [6.07, 6.45) is 0. The first-order valence-corrected chi connectivity index (χ1v) is 6.53. The van der Waals surface area contributed by atoms with Crippen LogP contribution in [0, 0.1) is 0 Å². The first-order valence-electron chi connectivity index (χ1n) is 5.40. The van der Waals surface area contributed by atoms with Gasteiger partial charge in [0, 0.05) is 0 Å². The Labute approximate surface area is 123 Å². The highest BCUT2D eigenvalue weighted by atomic mass is 35.6. The molecular weight excluding hydrogens is 300 g/mol. The molecule has 0 aromatic rings. The molecule has 0 heterocycles. The second-order valence-electron chi connectivity index (χ2n) is 2.98. The number of Topliss-reactive ketones (excluding diaryl/α,β-unsaturated/α-hetero) is 1. The standard InChI is InChI=1S/C7H7Cl3O3.C4H11N/c1-3-13-6(12)4(2)5(11)7(8,9)10;1-3-5-4-2/h2-3H2,1H3;5H,3-4H2,1-2H3. The Hall–Kier alpha value is -0.290. The Morgan fingerprint density at radius 1 is 1.17 bits per heavy atom. The molecule has 0 fully saturated rings. The molecular formula is C11H18Cl3NO3. The van der Waals surface area contributed by atoms with Gasteiger partial charge in [0.2, 0.25) is 5.78 Å². The van der Waals surface area contributed by atoms with E-state index in [0.29, 0.717) is 0 Å². The molecule has 0 aromatic carbocycles. The fourth-order valence-electron chi connectivity index (χ4n) is 0.732. The Morgan fingerprint density at radius 3 is 1.83 bits per heavy atom. The number of rotatable bonds is 5. The van der Waals surface area contributed by atoms with Gasteiger partial charge in [-0.1, -0.05) is 55.2 Å². The summed E-state index contributed by atoms with van der Waals surface area (Å²) in [5, 5.41) is 3.11. The average molecular weight is 319 g/mol. The van der Waals surface area contributed by atoms with E-state index in [2.05, 4.69) is 30.5 Å². The number of esters is 1. The summed E-state index contributed by atoms with van der Waals surface area (Å²) in [4.78, 5) is 22.0. The van der Waals surface area contributed by atoms with Gasteiger partial charge in [-0.05, 0) is 20.0 Å². The molecule has 0 amide bonds.